The van der Waals surface area contributed by atoms with Gasteiger partial charge in [0.15, 0.2) is 5.82 Å². The van der Waals surface area contributed by atoms with E-state index in [9.17, 15) is 0 Å². The highest BCUT2D eigenvalue weighted by Crippen LogP contribution is 2.25. The van der Waals surface area contributed by atoms with Crippen LogP contribution in [0.4, 0.5) is 0 Å². The molecule has 4 nitrogen and oxygen atoms in total. The molecule has 0 bridgehead atoms. The van der Waals surface area contributed by atoms with E-state index in [2.05, 4.69) is 11.1 Å². The summed E-state index contributed by atoms with van der Waals surface area (Å²) in [5.74, 6) is 0.677. The summed E-state index contributed by atoms with van der Waals surface area (Å²) in [6.45, 7) is 0. The lowest BCUT2D eigenvalue weighted by Crippen LogP contribution is -2.00. The predicted octanol–water partition coefficient (Wildman–Crippen LogP) is 5.39. The quantitative estimate of drug-likeness (QED) is 0.462. The van der Waals surface area contributed by atoms with E-state index in [1.807, 2.05) is 54.6 Å². The summed E-state index contributed by atoms with van der Waals surface area (Å²) < 4.78 is 0. The second-order valence-corrected chi connectivity index (χ2v) is 7.00. The third-order valence-electron chi connectivity index (χ3n) is 4.62. The van der Waals surface area contributed by atoms with E-state index >= 15 is 0 Å². The molecular formula is C23H17ClN4. The van der Waals surface area contributed by atoms with Gasteiger partial charge in [0.05, 0.1) is 22.8 Å². The van der Waals surface area contributed by atoms with Crippen LogP contribution >= 0.6 is 11.6 Å². The molecule has 0 N–H and O–H groups in total. The Morgan fingerprint density at radius 3 is 2.57 bits per heavy atom. The lowest BCUT2D eigenvalue weighted by Gasteiger charge is -2.09. The zero-order valence-electron chi connectivity index (χ0n) is 15.1. The molecule has 28 heavy (non-hydrogen) atoms. The largest absolute Gasteiger partial charge is 0.264 e. The van der Waals surface area contributed by atoms with Crippen LogP contribution in [0, 0.1) is 11.3 Å². The normalized spacial score (nSPS) is 10.7. The number of nitriles is 1. The number of rotatable bonds is 5. The number of fused-ring (bicyclic) bond motifs is 1. The molecule has 5 heteroatoms. The number of pyridine rings is 1. The summed E-state index contributed by atoms with van der Waals surface area (Å²) in [5.41, 5.74) is 4.66. The van der Waals surface area contributed by atoms with Gasteiger partial charge in [-0.15, -0.1) is 0 Å². The van der Waals surface area contributed by atoms with Gasteiger partial charge in [-0.25, -0.2) is 9.97 Å². The Morgan fingerprint density at radius 1 is 0.964 bits per heavy atom. The van der Waals surface area contributed by atoms with Gasteiger partial charge in [-0.2, -0.15) is 5.26 Å². The fourth-order valence-corrected chi connectivity index (χ4v) is 3.36. The number of halogens is 1. The summed E-state index contributed by atoms with van der Waals surface area (Å²) in [7, 11) is 0. The molecule has 0 fully saturated rings. The summed E-state index contributed by atoms with van der Waals surface area (Å²) >= 11 is 6.21. The van der Waals surface area contributed by atoms with Crippen LogP contribution in [0.25, 0.3) is 22.3 Å². The average molecular weight is 385 g/mol. The van der Waals surface area contributed by atoms with Gasteiger partial charge in [0.1, 0.15) is 0 Å². The van der Waals surface area contributed by atoms with Crippen molar-refractivity contribution < 1.29 is 0 Å². The number of hydrogen-bond acceptors (Lipinski definition) is 4. The maximum Gasteiger partial charge on any atom is 0.161 e. The van der Waals surface area contributed by atoms with Gasteiger partial charge in [0.2, 0.25) is 0 Å². The number of benzene rings is 2. The van der Waals surface area contributed by atoms with Crippen molar-refractivity contribution in [2.24, 2.45) is 0 Å². The van der Waals surface area contributed by atoms with Gasteiger partial charge in [-0.3, -0.25) is 4.98 Å². The average Bonchev–Trinajstić information content (AvgIpc) is 2.75. The number of nitrogens with zero attached hydrogens (tertiary/aromatic N) is 4. The van der Waals surface area contributed by atoms with Gasteiger partial charge < -0.3 is 0 Å². The molecule has 0 saturated heterocycles. The first-order chi connectivity index (χ1) is 13.7. The molecule has 2 aromatic carbocycles. The molecular weight excluding hydrogens is 368 g/mol. The molecule has 4 rings (SSSR count). The van der Waals surface area contributed by atoms with Crippen molar-refractivity contribution in [2.45, 2.75) is 19.3 Å². The van der Waals surface area contributed by atoms with E-state index < -0.39 is 0 Å². The lowest BCUT2D eigenvalue weighted by molar-refractivity contribution is 0.803. The molecule has 136 valence electrons. The van der Waals surface area contributed by atoms with Crippen molar-refractivity contribution in [1.29, 1.82) is 5.26 Å². The summed E-state index contributed by atoms with van der Waals surface area (Å²) in [6.07, 6.45) is 6.18. The molecule has 0 radical (unpaired) electrons. The van der Waals surface area contributed by atoms with Crippen molar-refractivity contribution in [3.63, 3.8) is 0 Å². The molecule has 0 amide bonds. The van der Waals surface area contributed by atoms with Crippen molar-refractivity contribution in [3.05, 3.63) is 88.8 Å². The van der Waals surface area contributed by atoms with Crippen LogP contribution in [0.2, 0.25) is 5.02 Å². The third-order valence-corrected chi connectivity index (χ3v) is 4.85. The Labute approximate surface area is 168 Å². The number of hydrogen-bond donors (Lipinski definition) is 0. The lowest BCUT2D eigenvalue weighted by atomic mass is 10.0. The zero-order chi connectivity index (χ0) is 19.3. The van der Waals surface area contributed by atoms with Crippen LogP contribution in [0.5, 0.6) is 0 Å². The molecule has 0 atom stereocenters. The van der Waals surface area contributed by atoms with Crippen LogP contribution in [-0.2, 0) is 12.8 Å². The van der Waals surface area contributed by atoms with E-state index in [1.165, 1.54) is 5.56 Å². The second kappa shape index (κ2) is 8.16. The minimum absolute atomic E-state index is 0.677. The van der Waals surface area contributed by atoms with Crippen molar-refractivity contribution in [1.82, 2.24) is 15.0 Å². The van der Waals surface area contributed by atoms with Crippen LogP contribution in [-0.4, -0.2) is 15.0 Å². The Balaban J connectivity index is 1.62. The third kappa shape index (κ3) is 4.00. The standard InChI is InChI=1S/C23H17ClN4/c24-19-10-11-22-20(13-19)21(27-23(28-22)18-4-2-12-26-15-18)5-1-3-16-6-8-17(14-25)9-7-16/h2,4,6-13,15H,1,3,5H2. The first-order valence-corrected chi connectivity index (χ1v) is 9.46. The maximum absolute atomic E-state index is 8.92. The smallest absolute Gasteiger partial charge is 0.161 e. The molecule has 0 aliphatic heterocycles. The Hall–Kier alpha value is -3.29. The van der Waals surface area contributed by atoms with E-state index in [1.54, 1.807) is 12.4 Å². The maximum atomic E-state index is 8.92. The van der Waals surface area contributed by atoms with Crippen LogP contribution in [0.3, 0.4) is 0 Å². The molecule has 2 heterocycles. The van der Waals surface area contributed by atoms with Gasteiger partial charge in [-0.1, -0.05) is 23.7 Å². The van der Waals surface area contributed by atoms with Crippen LogP contribution < -0.4 is 0 Å². The minimum Gasteiger partial charge on any atom is -0.264 e. The predicted molar refractivity (Wildman–Crippen MR) is 111 cm³/mol. The van der Waals surface area contributed by atoms with Gasteiger partial charge in [-0.05, 0) is 67.3 Å². The van der Waals surface area contributed by atoms with E-state index in [0.717, 1.165) is 41.4 Å². The highest BCUT2D eigenvalue weighted by Gasteiger charge is 2.10. The van der Waals surface area contributed by atoms with Crippen molar-refractivity contribution >= 4 is 22.5 Å². The Morgan fingerprint density at radius 2 is 1.82 bits per heavy atom. The molecule has 0 saturated carbocycles. The first kappa shape index (κ1) is 18.1. The van der Waals surface area contributed by atoms with Crippen molar-refractivity contribution in [2.75, 3.05) is 0 Å². The second-order valence-electron chi connectivity index (χ2n) is 6.56. The van der Waals surface area contributed by atoms with Crippen LogP contribution in [0.1, 0.15) is 23.2 Å². The summed E-state index contributed by atoms with van der Waals surface area (Å²) in [4.78, 5) is 13.7. The fourth-order valence-electron chi connectivity index (χ4n) is 3.18. The zero-order valence-corrected chi connectivity index (χ0v) is 15.9. The van der Waals surface area contributed by atoms with E-state index in [4.69, 9.17) is 26.8 Å². The summed E-state index contributed by atoms with van der Waals surface area (Å²) in [5, 5.41) is 10.6. The van der Waals surface area contributed by atoms with E-state index in [-0.39, 0.29) is 0 Å². The monoisotopic (exact) mass is 384 g/mol. The van der Waals surface area contributed by atoms with Gasteiger partial charge in [0, 0.05) is 28.4 Å². The molecule has 0 aliphatic carbocycles. The highest BCUT2D eigenvalue weighted by atomic mass is 35.5. The first-order valence-electron chi connectivity index (χ1n) is 9.08. The molecule has 2 aromatic heterocycles. The summed E-state index contributed by atoms with van der Waals surface area (Å²) in [6, 6.07) is 19.4. The number of aryl methyl sites for hydroxylation is 2. The molecule has 0 unspecified atom stereocenters. The van der Waals surface area contributed by atoms with Gasteiger partial charge in [0.25, 0.3) is 0 Å². The molecule has 0 aliphatic rings. The van der Waals surface area contributed by atoms with Crippen LogP contribution in [0.15, 0.2) is 67.0 Å². The Bertz CT molecular complexity index is 1150. The van der Waals surface area contributed by atoms with Gasteiger partial charge >= 0.3 is 0 Å². The topological polar surface area (TPSA) is 62.5 Å². The minimum atomic E-state index is 0.677. The molecule has 0 spiro atoms. The van der Waals surface area contributed by atoms with E-state index in [0.29, 0.717) is 16.4 Å². The SMILES string of the molecule is N#Cc1ccc(CCCc2nc(-c3cccnc3)nc3ccc(Cl)cc23)cc1. The Kier molecular flexibility index (Phi) is 5.27. The fraction of sp³-hybridized carbons (Fsp3) is 0.130. The highest BCUT2D eigenvalue weighted by molar-refractivity contribution is 6.31. The number of aromatic nitrogens is 3. The van der Waals surface area contributed by atoms with Crippen molar-refractivity contribution in [3.8, 4) is 17.5 Å². The molecule has 4 aromatic rings.